The minimum atomic E-state index is -4.01. The largest absolute Gasteiger partial charge is 0.461 e. The molecule has 0 aromatic carbocycles. The predicted octanol–water partition coefficient (Wildman–Crippen LogP) is 0.540. The highest BCUT2D eigenvalue weighted by Gasteiger charge is 2.49. The van der Waals surface area contributed by atoms with E-state index >= 15 is 0 Å². The molecule has 0 bridgehead atoms. The van der Waals surface area contributed by atoms with Crippen molar-refractivity contribution in [2.24, 2.45) is 0 Å². The molecule has 0 saturated carbocycles. The number of hydrogen-bond acceptors (Lipinski definition) is 4. The van der Waals surface area contributed by atoms with E-state index in [0.717, 1.165) is 0 Å². The fraction of sp³-hybridized carbons (Fsp3) is 0.857. The predicted molar refractivity (Wildman–Crippen MR) is 39.2 cm³/mol. The first-order valence-electron chi connectivity index (χ1n) is 3.81. The van der Waals surface area contributed by atoms with Crippen LogP contribution in [0.3, 0.4) is 0 Å². The third-order valence-corrected chi connectivity index (χ3v) is 1.18. The van der Waals surface area contributed by atoms with Crippen LogP contribution in [0.25, 0.3) is 0 Å². The van der Waals surface area contributed by atoms with Gasteiger partial charge in [-0.05, 0) is 13.8 Å². The van der Waals surface area contributed by atoms with Crippen LogP contribution >= 0.6 is 0 Å². The van der Waals surface area contributed by atoms with E-state index in [1.54, 1.807) is 0 Å². The smallest absolute Gasteiger partial charge is 0.392 e. The summed E-state index contributed by atoms with van der Waals surface area (Å²) in [7, 11) is 0. The van der Waals surface area contributed by atoms with Crippen LogP contribution in [0.1, 0.15) is 13.8 Å². The number of ether oxygens (including phenoxy) is 2. The van der Waals surface area contributed by atoms with Gasteiger partial charge in [0.15, 0.2) is 0 Å². The Morgan fingerprint density at radius 2 is 2.00 bits per heavy atom. The van der Waals surface area contributed by atoms with Gasteiger partial charge in [0.1, 0.15) is 0 Å². The molecule has 0 fully saturated rings. The summed E-state index contributed by atoms with van der Waals surface area (Å²) in [6.45, 7) is 2.52. The molecule has 0 aliphatic rings. The molecule has 1 N–H and O–H groups in total. The van der Waals surface area contributed by atoms with Gasteiger partial charge in [-0.1, -0.05) is 0 Å². The molecule has 78 valence electrons. The molecule has 0 aromatic heterocycles. The number of rotatable bonds is 5. The second-order valence-corrected chi connectivity index (χ2v) is 2.15. The van der Waals surface area contributed by atoms with E-state index in [-0.39, 0.29) is 13.2 Å². The van der Waals surface area contributed by atoms with Gasteiger partial charge in [-0.3, -0.25) is 0 Å². The Bertz CT molecular complexity index is 172. The number of halogens is 2. The molecule has 1 atom stereocenters. The summed E-state index contributed by atoms with van der Waals surface area (Å²) < 4.78 is 33.7. The molecule has 0 saturated heterocycles. The monoisotopic (exact) mass is 198 g/mol. The number of hydrogen-bond donors (Lipinski definition) is 1. The highest BCUT2D eigenvalue weighted by atomic mass is 19.3. The lowest BCUT2D eigenvalue weighted by Gasteiger charge is -2.19. The van der Waals surface area contributed by atoms with E-state index in [2.05, 4.69) is 9.47 Å². The molecule has 0 aromatic rings. The molecule has 0 aliphatic heterocycles. The third kappa shape index (κ3) is 3.23. The van der Waals surface area contributed by atoms with Crippen LogP contribution < -0.4 is 0 Å². The van der Waals surface area contributed by atoms with Gasteiger partial charge in [-0.15, -0.1) is 0 Å². The first-order valence-corrected chi connectivity index (χ1v) is 3.81. The third-order valence-electron chi connectivity index (χ3n) is 1.18. The molecule has 4 nitrogen and oxygen atoms in total. The minimum Gasteiger partial charge on any atom is -0.461 e. The molecule has 0 amide bonds. The first kappa shape index (κ1) is 12.2. The van der Waals surface area contributed by atoms with Gasteiger partial charge in [-0.2, -0.15) is 8.78 Å². The van der Waals surface area contributed by atoms with E-state index in [4.69, 9.17) is 5.11 Å². The number of esters is 1. The number of aliphatic hydroxyl groups is 1. The molecule has 0 rings (SSSR count). The number of aliphatic hydroxyl groups excluding tert-OH is 1. The average Bonchev–Trinajstić information content (AvgIpc) is 2.05. The molecule has 0 radical (unpaired) electrons. The Morgan fingerprint density at radius 3 is 2.38 bits per heavy atom. The lowest BCUT2D eigenvalue weighted by atomic mass is 10.3. The topological polar surface area (TPSA) is 55.8 Å². The highest BCUT2D eigenvalue weighted by molar-refractivity contribution is 5.78. The summed E-state index contributed by atoms with van der Waals surface area (Å²) in [6.07, 6.45) is -2.45. The molecule has 6 heteroatoms. The van der Waals surface area contributed by atoms with Crippen LogP contribution in [0.4, 0.5) is 8.78 Å². The lowest BCUT2D eigenvalue weighted by Crippen LogP contribution is -2.44. The van der Waals surface area contributed by atoms with Crippen molar-refractivity contribution in [1.29, 1.82) is 0 Å². The summed E-state index contributed by atoms with van der Waals surface area (Å²) in [4.78, 5) is 10.6. The molecule has 0 unspecified atom stereocenters. The Labute approximate surface area is 74.4 Å². The van der Waals surface area contributed by atoms with Crippen LogP contribution in [0.15, 0.2) is 0 Å². The Hall–Kier alpha value is -0.750. The fourth-order valence-electron chi connectivity index (χ4n) is 0.591. The quantitative estimate of drug-likeness (QED) is 0.517. The average molecular weight is 198 g/mol. The van der Waals surface area contributed by atoms with Gasteiger partial charge in [-0.25, -0.2) is 4.79 Å². The van der Waals surface area contributed by atoms with Crippen LogP contribution in [-0.2, 0) is 14.3 Å². The van der Waals surface area contributed by atoms with E-state index in [1.165, 1.54) is 13.8 Å². The van der Waals surface area contributed by atoms with Gasteiger partial charge in [0.05, 0.1) is 6.61 Å². The van der Waals surface area contributed by atoms with E-state index in [0.29, 0.717) is 0 Å². The second-order valence-electron chi connectivity index (χ2n) is 2.15. The zero-order valence-electron chi connectivity index (χ0n) is 7.42. The molecule has 0 spiro atoms. The van der Waals surface area contributed by atoms with Crippen LogP contribution in [0.5, 0.6) is 0 Å². The Balaban J connectivity index is 4.26. The maximum absolute atomic E-state index is 12.7. The summed E-state index contributed by atoms with van der Waals surface area (Å²) in [5, 5.41) is 8.70. The van der Waals surface area contributed by atoms with Crippen molar-refractivity contribution in [2.75, 3.05) is 13.2 Å². The van der Waals surface area contributed by atoms with Crippen molar-refractivity contribution in [2.45, 2.75) is 26.1 Å². The van der Waals surface area contributed by atoms with Crippen molar-refractivity contribution in [3.05, 3.63) is 0 Å². The highest BCUT2D eigenvalue weighted by Crippen LogP contribution is 2.21. The van der Waals surface area contributed by atoms with Crippen molar-refractivity contribution < 1.29 is 28.2 Å². The lowest BCUT2D eigenvalue weighted by molar-refractivity contribution is -0.241. The zero-order chi connectivity index (χ0) is 10.5. The Morgan fingerprint density at radius 1 is 1.46 bits per heavy atom. The van der Waals surface area contributed by atoms with Gasteiger partial charge < -0.3 is 14.6 Å². The molecule has 13 heavy (non-hydrogen) atoms. The maximum atomic E-state index is 12.7. The van der Waals surface area contributed by atoms with Crippen LogP contribution in [-0.4, -0.2) is 36.5 Å². The Kier molecular flexibility index (Phi) is 4.79. The number of carbonyl (C=O) groups is 1. The molecule has 0 aliphatic carbocycles. The van der Waals surface area contributed by atoms with E-state index in [1.807, 2.05) is 0 Å². The zero-order valence-corrected chi connectivity index (χ0v) is 7.42. The molecular weight excluding hydrogens is 186 g/mol. The van der Waals surface area contributed by atoms with Crippen LogP contribution in [0, 0.1) is 0 Å². The van der Waals surface area contributed by atoms with Crippen molar-refractivity contribution >= 4 is 5.97 Å². The normalized spacial score (nSPS) is 13.9. The van der Waals surface area contributed by atoms with Gasteiger partial charge in [0.2, 0.25) is 6.29 Å². The van der Waals surface area contributed by atoms with Crippen molar-refractivity contribution in [3.63, 3.8) is 0 Å². The van der Waals surface area contributed by atoms with Gasteiger partial charge in [0.25, 0.3) is 0 Å². The first-order chi connectivity index (χ1) is 5.96. The number of alkyl halides is 2. The maximum Gasteiger partial charge on any atom is 0.392 e. The second kappa shape index (κ2) is 5.08. The summed E-state index contributed by atoms with van der Waals surface area (Å²) in [6, 6.07) is 0. The molecular formula is C7H12F2O4. The SMILES string of the molecule is CCOC(=O)C(F)(F)[C@@H](O)OCC. The van der Waals surface area contributed by atoms with Crippen molar-refractivity contribution in [1.82, 2.24) is 0 Å². The standard InChI is InChI=1S/C7H12F2O4/c1-3-12-5(10)7(8,9)6(11)13-4-2/h5,10H,3-4H2,1-2H3/t5-/m0/s1. The van der Waals surface area contributed by atoms with E-state index < -0.39 is 18.2 Å². The van der Waals surface area contributed by atoms with Gasteiger partial charge in [0, 0.05) is 6.61 Å². The summed E-state index contributed by atoms with van der Waals surface area (Å²) in [5.41, 5.74) is 0. The number of carbonyl (C=O) groups excluding carboxylic acids is 1. The fourth-order valence-corrected chi connectivity index (χ4v) is 0.591. The van der Waals surface area contributed by atoms with E-state index in [9.17, 15) is 13.6 Å². The molecule has 0 heterocycles. The van der Waals surface area contributed by atoms with Crippen LogP contribution in [0.2, 0.25) is 0 Å². The summed E-state index contributed by atoms with van der Waals surface area (Å²) in [5.74, 6) is -5.79. The summed E-state index contributed by atoms with van der Waals surface area (Å²) >= 11 is 0. The minimum absolute atomic E-state index is 0.115. The van der Waals surface area contributed by atoms with Gasteiger partial charge >= 0.3 is 11.9 Å². The van der Waals surface area contributed by atoms with Crippen molar-refractivity contribution in [3.8, 4) is 0 Å².